The van der Waals surface area contributed by atoms with Gasteiger partial charge >= 0.3 is 5.97 Å². The minimum Gasteiger partial charge on any atom is -0.466 e. The van der Waals surface area contributed by atoms with Crippen molar-refractivity contribution < 1.29 is 49.3 Å². The highest BCUT2D eigenvalue weighted by Gasteiger charge is 2.44. The molecular formula is C60H115NO10. The molecule has 7 atom stereocenters. The van der Waals surface area contributed by atoms with Gasteiger partial charge in [-0.3, -0.25) is 9.59 Å². The minimum atomic E-state index is -1.57. The fraction of sp³-hybridized carbons (Fsp3) is 0.933. The Morgan fingerprint density at radius 3 is 1.31 bits per heavy atom. The smallest absolute Gasteiger partial charge is 0.305 e. The van der Waals surface area contributed by atoms with Crippen molar-refractivity contribution in [1.82, 2.24) is 5.32 Å². The molecule has 7 unspecified atom stereocenters. The Morgan fingerprint density at radius 2 is 0.887 bits per heavy atom. The molecule has 1 aliphatic heterocycles. The third-order valence-corrected chi connectivity index (χ3v) is 14.7. The van der Waals surface area contributed by atoms with Gasteiger partial charge in [0.2, 0.25) is 5.91 Å². The Bertz CT molecular complexity index is 1190. The van der Waals surface area contributed by atoms with E-state index in [0.717, 1.165) is 57.8 Å². The number of esters is 1. The predicted octanol–water partition coefficient (Wildman–Crippen LogP) is 14.0. The third kappa shape index (κ3) is 40.4. The van der Waals surface area contributed by atoms with Crippen LogP contribution < -0.4 is 5.32 Å². The lowest BCUT2D eigenvalue weighted by atomic mass is 9.99. The lowest BCUT2D eigenvalue weighted by Gasteiger charge is -2.40. The largest absolute Gasteiger partial charge is 0.466 e. The molecule has 1 amide bonds. The van der Waals surface area contributed by atoms with E-state index in [9.17, 15) is 35.1 Å². The molecule has 420 valence electrons. The summed E-state index contributed by atoms with van der Waals surface area (Å²) in [5, 5.41) is 54.3. The Balaban J connectivity index is 2.03. The summed E-state index contributed by atoms with van der Waals surface area (Å²) in [7, 11) is 0. The second-order valence-corrected chi connectivity index (χ2v) is 21.4. The number of allylic oxidation sites excluding steroid dienone is 1. The van der Waals surface area contributed by atoms with Crippen LogP contribution in [0.5, 0.6) is 0 Å². The number of hydrogen-bond acceptors (Lipinski definition) is 10. The Morgan fingerprint density at radius 1 is 0.507 bits per heavy atom. The number of carbonyl (C=O) groups is 2. The van der Waals surface area contributed by atoms with Gasteiger partial charge in [-0.05, 0) is 32.1 Å². The summed E-state index contributed by atoms with van der Waals surface area (Å²) < 4.78 is 16.7. The van der Waals surface area contributed by atoms with Crippen LogP contribution in [0.25, 0.3) is 0 Å². The zero-order chi connectivity index (χ0) is 51.7. The molecule has 1 saturated heterocycles. The Kier molecular flexibility index (Phi) is 48.0. The Labute approximate surface area is 436 Å². The van der Waals surface area contributed by atoms with Crippen LogP contribution in [0.2, 0.25) is 0 Å². The van der Waals surface area contributed by atoms with Gasteiger partial charge in [0.1, 0.15) is 24.4 Å². The normalized spacial score (nSPS) is 19.1. The molecule has 1 fully saturated rings. The second-order valence-electron chi connectivity index (χ2n) is 21.4. The summed E-state index contributed by atoms with van der Waals surface area (Å²) >= 11 is 0. The molecule has 0 aromatic carbocycles. The Hall–Kier alpha value is -1.60. The monoisotopic (exact) mass is 1010 g/mol. The summed E-state index contributed by atoms with van der Waals surface area (Å²) in [4.78, 5) is 25.0. The third-order valence-electron chi connectivity index (χ3n) is 14.7. The van der Waals surface area contributed by atoms with Crippen molar-refractivity contribution in [2.45, 2.75) is 339 Å². The zero-order valence-electron chi connectivity index (χ0n) is 46.2. The zero-order valence-corrected chi connectivity index (χ0v) is 46.2. The molecule has 0 aromatic heterocycles. The molecule has 0 saturated carbocycles. The van der Waals surface area contributed by atoms with Crippen molar-refractivity contribution in [3.63, 3.8) is 0 Å². The molecule has 11 nitrogen and oxygen atoms in total. The van der Waals surface area contributed by atoms with Crippen LogP contribution in [0.1, 0.15) is 296 Å². The average Bonchev–Trinajstić information content (AvgIpc) is 3.37. The van der Waals surface area contributed by atoms with Crippen molar-refractivity contribution in [2.75, 3.05) is 19.8 Å². The van der Waals surface area contributed by atoms with Crippen LogP contribution in [-0.4, -0.2) is 100 Å². The van der Waals surface area contributed by atoms with Gasteiger partial charge in [-0.2, -0.15) is 0 Å². The number of nitrogens with one attached hydrogen (secondary N) is 1. The maximum Gasteiger partial charge on any atom is 0.305 e. The summed E-state index contributed by atoms with van der Waals surface area (Å²) in [6.07, 6.45) is 48.8. The van der Waals surface area contributed by atoms with Crippen LogP contribution in [0.3, 0.4) is 0 Å². The fourth-order valence-corrected chi connectivity index (χ4v) is 9.79. The highest BCUT2D eigenvalue weighted by Crippen LogP contribution is 2.23. The molecule has 1 rings (SSSR count). The van der Waals surface area contributed by atoms with Gasteiger partial charge < -0.3 is 45.1 Å². The van der Waals surface area contributed by atoms with Crippen LogP contribution >= 0.6 is 0 Å². The van der Waals surface area contributed by atoms with E-state index in [0.29, 0.717) is 19.4 Å². The van der Waals surface area contributed by atoms with E-state index in [1.807, 2.05) is 6.08 Å². The van der Waals surface area contributed by atoms with Crippen molar-refractivity contribution >= 4 is 11.9 Å². The maximum absolute atomic E-state index is 13.0. The topological polar surface area (TPSA) is 175 Å². The van der Waals surface area contributed by atoms with E-state index in [1.54, 1.807) is 6.08 Å². The molecule has 0 aliphatic carbocycles. The van der Waals surface area contributed by atoms with E-state index in [4.69, 9.17) is 14.2 Å². The maximum atomic E-state index is 13.0. The van der Waals surface area contributed by atoms with Crippen LogP contribution in [0, 0.1) is 0 Å². The predicted molar refractivity (Wildman–Crippen MR) is 292 cm³/mol. The summed E-state index contributed by atoms with van der Waals surface area (Å²) in [6.45, 7) is 4.34. The van der Waals surface area contributed by atoms with Gasteiger partial charge in [-0.15, -0.1) is 0 Å². The number of rotatable bonds is 53. The molecule has 71 heavy (non-hydrogen) atoms. The van der Waals surface area contributed by atoms with Crippen LogP contribution in [0.15, 0.2) is 12.2 Å². The van der Waals surface area contributed by atoms with Crippen molar-refractivity contribution in [3.05, 3.63) is 12.2 Å². The SMILES string of the molecule is CCCCCCCCCCC/C=C/C(O)C(COC1OC(CO)C(O)C(O)C1O)NC(=O)CCCCCCCCCCCCCCCCCCCCCCCOC(=O)CCCCCCCCCCCCC. The van der Waals surface area contributed by atoms with Gasteiger partial charge in [0.15, 0.2) is 6.29 Å². The number of aliphatic hydroxyl groups excluding tert-OH is 5. The van der Waals surface area contributed by atoms with Crippen LogP contribution in [0.4, 0.5) is 0 Å². The molecule has 1 heterocycles. The quantitative estimate of drug-likeness (QED) is 0.0195. The second kappa shape index (κ2) is 50.6. The van der Waals surface area contributed by atoms with E-state index in [1.165, 1.54) is 212 Å². The first-order chi connectivity index (χ1) is 34.7. The average molecular weight is 1010 g/mol. The number of aliphatic hydroxyl groups is 5. The van der Waals surface area contributed by atoms with E-state index in [2.05, 4.69) is 19.2 Å². The molecule has 0 bridgehead atoms. The van der Waals surface area contributed by atoms with Gasteiger partial charge in [0.25, 0.3) is 0 Å². The number of unbranched alkanes of at least 4 members (excludes halogenated alkanes) is 39. The van der Waals surface area contributed by atoms with Gasteiger partial charge in [0.05, 0.1) is 32.0 Å². The lowest BCUT2D eigenvalue weighted by molar-refractivity contribution is -0.302. The molecule has 0 radical (unpaired) electrons. The molecular weight excluding hydrogens is 895 g/mol. The molecule has 0 aromatic rings. The highest BCUT2D eigenvalue weighted by atomic mass is 16.7. The lowest BCUT2D eigenvalue weighted by Crippen LogP contribution is -2.60. The van der Waals surface area contributed by atoms with Crippen molar-refractivity contribution in [3.8, 4) is 0 Å². The number of carbonyl (C=O) groups excluding carboxylic acids is 2. The first-order valence-corrected chi connectivity index (χ1v) is 30.5. The number of amides is 1. The number of hydrogen-bond donors (Lipinski definition) is 6. The van der Waals surface area contributed by atoms with E-state index < -0.39 is 49.5 Å². The molecule has 6 N–H and O–H groups in total. The summed E-state index contributed by atoms with van der Waals surface area (Å²) in [6, 6.07) is -0.809. The van der Waals surface area contributed by atoms with Crippen molar-refractivity contribution in [2.24, 2.45) is 0 Å². The first kappa shape index (κ1) is 67.4. The standard InChI is InChI=1S/C60H115NO10/c1-3-5-7-9-11-13-26-30-34-38-42-46-53(63)52(51-70-60-59(68)58(67)57(66)54(50-62)71-60)61-55(64)47-43-39-35-31-28-24-22-20-18-16-15-17-19-21-23-25-29-33-37-41-45-49-69-56(65)48-44-40-36-32-27-14-12-10-8-6-4-2/h42,46,52-54,57-60,62-63,66-68H,3-41,43-45,47-51H2,1-2H3,(H,61,64)/b46-42+. The van der Waals surface area contributed by atoms with Crippen LogP contribution in [-0.2, 0) is 23.8 Å². The van der Waals surface area contributed by atoms with Gasteiger partial charge in [-0.25, -0.2) is 0 Å². The van der Waals surface area contributed by atoms with E-state index in [-0.39, 0.29) is 18.5 Å². The summed E-state index contributed by atoms with van der Waals surface area (Å²) in [5.41, 5.74) is 0. The van der Waals surface area contributed by atoms with Gasteiger partial charge in [-0.1, -0.05) is 264 Å². The summed E-state index contributed by atoms with van der Waals surface area (Å²) in [5.74, 6) is -0.183. The fourth-order valence-electron chi connectivity index (χ4n) is 9.79. The molecule has 11 heteroatoms. The highest BCUT2D eigenvalue weighted by molar-refractivity contribution is 5.76. The molecule has 0 spiro atoms. The van der Waals surface area contributed by atoms with Gasteiger partial charge in [0, 0.05) is 12.8 Å². The minimum absolute atomic E-state index is 0.00106. The number of ether oxygens (including phenoxy) is 3. The molecule has 1 aliphatic rings. The van der Waals surface area contributed by atoms with E-state index >= 15 is 0 Å². The van der Waals surface area contributed by atoms with Crippen molar-refractivity contribution in [1.29, 1.82) is 0 Å². The first-order valence-electron chi connectivity index (χ1n) is 30.5.